The van der Waals surface area contributed by atoms with Crippen LogP contribution in [-0.4, -0.2) is 29.0 Å². The molecule has 1 amide bonds. The van der Waals surface area contributed by atoms with Gasteiger partial charge in [-0.25, -0.2) is 0 Å². The topological polar surface area (TPSA) is 83.5 Å². The van der Waals surface area contributed by atoms with Gasteiger partial charge >= 0.3 is 0 Å². The van der Waals surface area contributed by atoms with Gasteiger partial charge in [0.05, 0.1) is 17.4 Å². The number of aromatic amines is 1. The highest BCUT2D eigenvalue weighted by Crippen LogP contribution is 2.21. The van der Waals surface area contributed by atoms with Crippen LogP contribution in [0.2, 0.25) is 0 Å². The molecule has 0 spiro atoms. The molecule has 2 N–H and O–H groups in total. The Hall–Kier alpha value is -2.63. The molecule has 2 aromatic rings. The number of carbonyl (C=O) groups excluding carboxylic acids is 2. The minimum absolute atomic E-state index is 0.156. The van der Waals surface area contributed by atoms with Gasteiger partial charge in [-0.2, -0.15) is 0 Å². The molecule has 1 unspecified atom stereocenters. The third-order valence-corrected chi connectivity index (χ3v) is 3.76. The smallest absolute Gasteiger partial charge is 0.264 e. The van der Waals surface area contributed by atoms with Gasteiger partial charge in [-0.15, -0.1) is 0 Å². The number of nitrogens with one attached hydrogen (secondary N) is 2. The number of nitrogens with zero attached hydrogens (tertiary/aromatic N) is 1. The van der Waals surface area contributed by atoms with Crippen LogP contribution in [-0.2, 0) is 9.63 Å². The average Bonchev–Trinajstić information content (AvgIpc) is 3.11. The fraction of sp³-hybridized carbons (Fsp3) is 0.312. The fourth-order valence-electron chi connectivity index (χ4n) is 2.53. The Balaban J connectivity index is 1.72. The van der Waals surface area contributed by atoms with Crippen molar-refractivity contribution in [3.05, 3.63) is 35.5 Å². The molecule has 0 saturated carbocycles. The summed E-state index contributed by atoms with van der Waals surface area (Å²) < 4.78 is 0. The molecule has 1 aliphatic heterocycles. The van der Waals surface area contributed by atoms with E-state index < -0.39 is 6.10 Å². The summed E-state index contributed by atoms with van der Waals surface area (Å²) in [4.78, 5) is 31.0. The predicted molar refractivity (Wildman–Crippen MR) is 82.8 cm³/mol. The van der Waals surface area contributed by atoms with E-state index in [4.69, 9.17) is 4.84 Å². The van der Waals surface area contributed by atoms with Crippen LogP contribution in [0.1, 0.15) is 42.4 Å². The predicted octanol–water partition coefficient (Wildman–Crippen LogP) is 2.32. The summed E-state index contributed by atoms with van der Waals surface area (Å²) in [6.45, 7) is 3.75. The highest BCUT2D eigenvalue weighted by molar-refractivity contribution is 5.92. The molecule has 0 radical (unpaired) electrons. The number of fused-ring (bicyclic) bond motifs is 1. The molecule has 6 heteroatoms. The zero-order valence-corrected chi connectivity index (χ0v) is 12.4. The molecule has 0 aliphatic carbocycles. The van der Waals surface area contributed by atoms with E-state index in [0.717, 1.165) is 28.5 Å². The first-order valence-electron chi connectivity index (χ1n) is 7.14. The highest BCUT2D eigenvalue weighted by atomic mass is 16.6. The minimum Gasteiger partial charge on any atom is -0.382 e. The number of amides is 1. The number of aldehydes is 1. The van der Waals surface area contributed by atoms with Crippen molar-refractivity contribution < 1.29 is 14.4 Å². The van der Waals surface area contributed by atoms with Crippen molar-refractivity contribution in [2.24, 2.45) is 5.16 Å². The van der Waals surface area contributed by atoms with E-state index in [-0.39, 0.29) is 11.9 Å². The third kappa shape index (κ3) is 2.72. The minimum atomic E-state index is -0.542. The zero-order valence-electron chi connectivity index (χ0n) is 12.4. The summed E-state index contributed by atoms with van der Waals surface area (Å²) in [6.07, 6.45) is 0.767. The lowest BCUT2D eigenvalue weighted by Gasteiger charge is -2.16. The molecule has 2 atom stereocenters. The Morgan fingerprint density at radius 2 is 2.32 bits per heavy atom. The summed E-state index contributed by atoms with van der Waals surface area (Å²) in [5.41, 5.74) is 3.22. The second-order valence-corrected chi connectivity index (χ2v) is 5.54. The van der Waals surface area contributed by atoms with E-state index in [0.29, 0.717) is 12.1 Å². The first-order valence-corrected chi connectivity index (χ1v) is 7.14. The number of benzene rings is 1. The van der Waals surface area contributed by atoms with Gasteiger partial charge in [0.1, 0.15) is 0 Å². The Morgan fingerprint density at radius 3 is 3.00 bits per heavy atom. The van der Waals surface area contributed by atoms with Gasteiger partial charge in [0.15, 0.2) is 6.29 Å². The van der Waals surface area contributed by atoms with Crippen molar-refractivity contribution in [3.63, 3.8) is 0 Å². The van der Waals surface area contributed by atoms with Gasteiger partial charge in [-0.3, -0.25) is 9.59 Å². The van der Waals surface area contributed by atoms with Crippen LogP contribution >= 0.6 is 0 Å². The van der Waals surface area contributed by atoms with Crippen molar-refractivity contribution in [2.45, 2.75) is 32.4 Å². The van der Waals surface area contributed by atoms with Gasteiger partial charge in [0.2, 0.25) is 6.10 Å². The zero-order chi connectivity index (χ0) is 15.7. The van der Waals surface area contributed by atoms with E-state index >= 15 is 0 Å². The number of aromatic nitrogens is 1. The lowest BCUT2D eigenvalue weighted by atomic mass is 10.1. The Bertz CT molecular complexity index is 763. The molecule has 0 bridgehead atoms. The van der Waals surface area contributed by atoms with Crippen LogP contribution in [0.3, 0.4) is 0 Å². The lowest BCUT2D eigenvalue weighted by molar-refractivity contribution is -0.131. The number of carbonyl (C=O) groups is 2. The van der Waals surface area contributed by atoms with Gasteiger partial charge in [-0.1, -0.05) is 11.2 Å². The normalized spacial score (nSPS) is 18.6. The first-order chi connectivity index (χ1) is 10.6. The molecular weight excluding hydrogens is 282 g/mol. The molecule has 1 aromatic carbocycles. The van der Waals surface area contributed by atoms with Crippen molar-refractivity contribution in [3.8, 4) is 0 Å². The molecule has 3 rings (SSSR count). The molecule has 0 saturated heterocycles. The van der Waals surface area contributed by atoms with Crippen molar-refractivity contribution >= 4 is 28.8 Å². The molecular formula is C16H17N3O3. The monoisotopic (exact) mass is 299 g/mol. The number of hydrogen-bond donors (Lipinski definition) is 2. The standard InChI is InChI=1S/C16H17N3O3/c1-9-5-15(22-19-9)16(21)17-10(2)11-3-4-14-12(6-11)7-13(8-20)18-14/h3-4,6-8,10,15,18H,5H2,1-2H3,(H,17,21)/t10-,15?/m1/s1. The lowest BCUT2D eigenvalue weighted by Crippen LogP contribution is -2.36. The number of rotatable bonds is 4. The third-order valence-electron chi connectivity index (χ3n) is 3.76. The van der Waals surface area contributed by atoms with Gasteiger partial charge in [0, 0.05) is 17.3 Å². The second kappa shape index (κ2) is 5.63. The summed E-state index contributed by atoms with van der Waals surface area (Å²) in [7, 11) is 0. The molecule has 1 aliphatic rings. The van der Waals surface area contributed by atoms with Crippen LogP contribution in [0.15, 0.2) is 29.4 Å². The van der Waals surface area contributed by atoms with E-state index in [1.165, 1.54) is 0 Å². The molecule has 6 nitrogen and oxygen atoms in total. The van der Waals surface area contributed by atoms with E-state index in [1.807, 2.05) is 32.0 Å². The van der Waals surface area contributed by atoms with Crippen molar-refractivity contribution in [1.82, 2.24) is 10.3 Å². The molecule has 2 heterocycles. The Labute approximate surface area is 127 Å². The van der Waals surface area contributed by atoms with Crippen LogP contribution in [0, 0.1) is 0 Å². The molecule has 0 fully saturated rings. The number of oxime groups is 1. The largest absolute Gasteiger partial charge is 0.382 e. The van der Waals surface area contributed by atoms with Crippen LogP contribution < -0.4 is 5.32 Å². The summed E-state index contributed by atoms with van der Waals surface area (Å²) in [5.74, 6) is -0.171. The van der Waals surface area contributed by atoms with Gasteiger partial charge < -0.3 is 15.1 Å². The van der Waals surface area contributed by atoms with E-state index in [2.05, 4.69) is 15.5 Å². The maximum absolute atomic E-state index is 12.1. The van der Waals surface area contributed by atoms with Gasteiger partial charge in [-0.05, 0) is 37.6 Å². The molecule has 22 heavy (non-hydrogen) atoms. The summed E-state index contributed by atoms with van der Waals surface area (Å²) >= 11 is 0. The number of H-pyrrole nitrogens is 1. The van der Waals surface area contributed by atoms with E-state index in [1.54, 1.807) is 6.07 Å². The molecule has 1 aromatic heterocycles. The average molecular weight is 299 g/mol. The first kappa shape index (κ1) is 14.3. The number of hydrogen-bond acceptors (Lipinski definition) is 4. The fourth-order valence-corrected chi connectivity index (χ4v) is 2.53. The second-order valence-electron chi connectivity index (χ2n) is 5.54. The molecule has 114 valence electrons. The summed E-state index contributed by atoms with van der Waals surface area (Å²) in [5, 5.41) is 7.66. The summed E-state index contributed by atoms with van der Waals surface area (Å²) in [6, 6.07) is 7.42. The van der Waals surface area contributed by atoms with Crippen LogP contribution in [0.5, 0.6) is 0 Å². The quantitative estimate of drug-likeness (QED) is 0.850. The maximum Gasteiger partial charge on any atom is 0.264 e. The highest BCUT2D eigenvalue weighted by Gasteiger charge is 2.27. The van der Waals surface area contributed by atoms with Crippen molar-refractivity contribution in [1.29, 1.82) is 0 Å². The Kier molecular flexibility index (Phi) is 3.66. The van der Waals surface area contributed by atoms with Crippen LogP contribution in [0.25, 0.3) is 10.9 Å². The SMILES string of the molecule is CC1=NOC(C(=O)N[C@H](C)c2ccc3[nH]c(C=O)cc3c2)C1. The van der Waals surface area contributed by atoms with Crippen molar-refractivity contribution in [2.75, 3.05) is 0 Å². The Morgan fingerprint density at radius 1 is 1.50 bits per heavy atom. The van der Waals surface area contributed by atoms with Crippen LogP contribution in [0.4, 0.5) is 0 Å². The van der Waals surface area contributed by atoms with Gasteiger partial charge in [0.25, 0.3) is 5.91 Å². The maximum atomic E-state index is 12.1. The van der Waals surface area contributed by atoms with E-state index in [9.17, 15) is 9.59 Å².